The summed E-state index contributed by atoms with van der Waals surface area (Å²) in [5.74, 6) is 3.43. The molecule has 44 heavy (non-hydrogen) atoms. The van der Waals surface area contributed by atoms with E-state index in [1.54, 1.807) is 11.1 Å². The van der Waals surface area contributed by atoms with Gasteiger partial charge in [-0.25, -0.2) is 15.0 Å². The second kappa shape index (κ2) is 10.8. The van der Waals surface area contributed by atoms with Crippen LogP contribution >= 0.6 is 0 Å². The zero-order valence-corrected chi connectivity index (χ0v) is 26.9. The van der Waals surface area contributed by atoms with Crippen LogP contribution in [-0.2, 0) is 10.8 Å². The second-order valence-corrected chi connectivity index (χ2v) is 14.8. The van der Waals surface area contributed by atoms with E-state index in [1.165, 1.54) is 42.4 Å². The maximum absolute atomic E-state index is 4.97. The molecule has 0 radical (unpaired) electrons. The van der Waals surface area contributed by atoms with Gasteiger partial charge in [0, 0.05) is 28.5 Å². The molecular formula is C40H42N4. The zero-order valence-electron chi connectivity index (χ0n) is 26.9. The number of hydrogen-bond donors (Lipinski definition) is 0. The van der Waals surface area contributed by atoms with Crippen molar-refractivity contribution in [3.05, 3.63) is 107 Å². The lowest BCUT2D eigenvalue weighted by Gasteiger charge is -2.38. The van der Waals surface area contributed by atoms with Gasteiger partial charge in [0.25, 0.3) is 0 Å². The van der Waals surface area contributed by atoms with Crippen molar-refractivity contribution in [1.29, 1.82) is 0 Å². The van der Waals surface area contributed by atoms with Crippen LogP contribution in [0.4, 0.5) is 0 Å². The Labute approximate surface area is 262 Å². The lowest BCUT2D eigenvalue weighted by molar-refractivity contribution is 0.359. The molecule has 0 saturated heterocycles. The maximum atomic E-state index is 4.97. The van der Waals surface area contributed by atoms with Gasteiger partial charge < -0.3 is 0 Å². The SMILES string of the molecule is CC(C)(C)c1ccc(-c2nc(-c3ccc(C(C)(C)C)cc3)nc(-c3ccc(-c4ccc5c(c4)C4CCC5CC4)nc3)n2)cc1. The minimum absolute atomic E-state index is 0.0772. The average Bonchev–Trinajstić information content (AvgIpc) is 3.04. The molecule has 4 heteroatoms. The molecule has 0 atom stereocenters. The highest BCUT2D eigenvalue weighted by Crippen LogP contribution is 2.50. The van der Waals surface area contributed by atoms with E-state index in [1.807, 2.05) is 6.20 Å². The monoisotopic (exact) mass is 578 g/mol. The predicted molar refractivity (Wildman–Crippen MR) is 181 cm³/mol. The number of nitrogens with zero attached hydrogens (tertiary/aromatic N) is 4. The minimum Gasteiger partial charge on any atom is -0.255 e. The zero-order chi connectivity index (χ0) is 30.6. The number of hydrogen-bond acceptors (Lipinski definition) is 4. The summed E-state index contributed by atoms with van der Waals surface area (Å²) in [6.07, 6.45) is 7.27. The first-order valence-electron chi connectivity index (χ1n) is 16.1. The van der Waals surface area contributed by atoms with E-state index >= 15 is 0 Å². The summed E-state index contributed by atoms with van der Waals surface area (Å²) in [4.78, 5) is 19.8. The molecule has 222 valence electrons. The van der Waals surface area contributed by atoms with Crippen LogP contribution in [0, 0.1) is 0 Å². The highest BCUT2D eigenvalue weighted by molar-refractivity contribution is 5.69. The van der Waals surface area contributed by atoms with Crippen LogP contribution in [0.3, 0.4) is 0 Å². The molecule has 0 spiro atoms. The fraction of sp³-hybridized carbons (Fsp3) is 0.350. The Morgan fingerprint density at radius 1 is 0.477 bits per heavy atom. The molecule has 0 aliphatic heterocycles. The van der Waals surface area contributed by atoms with E-state index in [0.29, 0.717) is 23.4 Å². The van der Waals surface area contributed by atoms with E-state index in [4.69, 9.17) is 19.9 Å². The molecule has 0 amide bonds. The van der Waals surface area contributed by atoms with Crippen LogP contribution in [-0.4, -0.2) is 19.9 Å². The largest absolute Gasteiger partial charge is 0.255 e. The molecule has 0 unspecified atom stereocenters. The van der Waals surface area contributed by atoms with E-state index < -0.39 is 0 Å². The van der Waals surface area contributed by atoms with Crippen LogP contribution in [0.25, 0.3) is 45.4 Å². The number of benzene rings is 3. The Balaban J connectivity index is 1.26. The van der Waals surface area contributed by atoms with E-state index in [-0.39, 0.29) is 10.8 Å². The normalized spacial score (nSPS) is 17.9. The molecule has 4 nitrogen and oxygen atoms in total. The molecule has 1 fully saturated rings. The maximum Gasteiger partial charge on any atom is 0.165 e. The Morgan fingerprint density at radius 3 is 1.36 bits per heavy atom. The highest BCUT2D eigenvalue weighted by atomic mass is 15.0. The van der Waals surface area contributed by atoms with E-state index in [2.05, 4.69) is 120 Å². The summed E-state index contributed by atoms with van der Waals surface area (Å²) in [5, 5.41) is 0. The van der Waals surface area contributed by atoms with Crippen molar-refractivity contribution in [3.63, 3.8) is 0 Å². The summed E-state index contributed by atoms with van der Waals surface area (Å²) >= 11 is 0. The first-order chi connectivity index (χ1) is 21.0. The van der Waals surface area contributed by atoms with Gasteiger partial charge in [0.2, 0.25) is 0 Å². The van der Waals surface area contributed by atoms with Gasteiger partial charge in [-0.05, 0) is 88.8 Å². The summed E-state index contributed by atoms with van der Waals surface area (Å²) < 4.78 is 0. The first kappa shape index (κ1) is 28.6. The molecule has 2 aromatic heterocycles. The minimum atomic E-state index is 0.0772. The molecule has 0 N–H and O–H groups in total. The van der Waals surface area contributed by atoms with Gasteiger partial charge in [-0.2, -0.15) is 0 Å². The van der Waals surface area contributed by atoms with Crippen LogP contribution in [0.1, 0.15) is 101 Å². The van der Waals surface area contributed by atoms with Gasteiger partial charge >= 0.3 is 0 Å². The van der Waals surface area contributed by atoms with Crippen LogP contribution < -0.4 is 0 Å². The first-order valence-corrected chi connectivity index (χ1v) is 16.1. The summed E-state index contributed by atoms with van der Waals surface area (Å²) in [6.45, 7) is 13.4. The lowest BCUT2D eigenvalue weighted by Crippen LogP contribution is -2.21. The quantitative estimate of drug-likeness (QED) is 0.213. The van der Waals surface area contributed by atoms with Crippen molar-refractivity contribution in [2.24, 2.45) is 0 Å². The number of fused-ring (bicyclic) bond motifs is 2. The van der Waals surface area contributed by atoms with Crippen molar-refractivity contribution in [3.8, 4) is 45.4 Å². The lowest BCUT2D eigenvalue weighted by atomic mass is 9.67. The van der Waals surface area contributed by atoms with E-state index in [0.717, 1.165) is 28.3 Å². The smallest absolute Gasteiger partial charge is 0.165 e. The fourth-order valence-corrected chi connectivity index (χ4v) is 6.87. The molecule has 5 aromatic rings. The average molecular weight is 579 g/mol. The topological polar surface area (TPSA) is 51.6 Å². The van der Waals surface area contributed by atoms with Crippen molar-refractivity contribution >= 4 is 0 Å². The molecule has 3 aromatic carbocycles. The van der Waals surface area contributed by atoms with Gasteiger partial charge in [-0.15, -0.1) is 0 Å². The van der Waals surface area contributed by atoms with Gasteiger partial charge in [0.05, 0.1) is 5.69 Å². The summed E-state index contributed by atoms with van der Waals surface area (Å²) in [7, 11) is 0. The number of rotatable bonds is 4. The van der Waals surface area contributed by atoms with Crippen LogP contribution in [0.5, 0.6) is 0 Å². The third-order valence-electron chi connectivity index (χ3n) is 9.66. The molecule has 8 rings (SSSR count). The molecule has 3 aliphatic rings. The van der Waals surface area contributed by atoms with Gasteiger partial charge in [0.1, 0.15) is 0 Å². The van der Waals surface area contributed by atoms with Crippen molar-refractivity contribution in [2.45, 2.75) is 89.9 Å². The van der Waals surface area contributed by atoms with Crippen molar-refractivity contribution < 1.29 is 0 Å². The Bertz CT molecular complexity index is 1720. The van der Waals surface area contributed by atoms with Crippen LogP contribution in [0.2, 0.25) is 0 Å². The highest BCUT2D eigenvalue weighted by Gasteiger charge is 2.32. The molecule has 2 heterocycles. The van der Waals surface area contributed by atoms with Crippen molar-refractivity contribution in [2.75, 3.05) is 0 Å². The van der Waals surface area contributed by atoms with E-state index in [9.17, 15) is 0 Å². The number of pyridine rings is 1. The van der Waals surface area contributed by atoms with Gasteiger partial charge in [0.15, 0.2) is 17.5 Å². The third kappa shape index (κ3) is 5.47. The standard InChI is InChI=1S/C40H42N4/c1-39(2,3)31-17-11-27(12-18-31)36-42-37(28-13-19-32(20-14-28)40(4,5)6)44-38(43-36)30-16-22-35(41-24-30)29-15-21-33-25-7-9-26(10-8-25)34(33)23-29/h11-26H,7-10H2,1-6H3. The Morgan fingerprint density at radius 2 is 0.909 bits per heavy atom. The molecule has 2 bridgehead atoms. The second-order valence-electron chi connectivity index (χ2n) is 14.8. The molecule has 1 saturated carbocycles. The van der Waals surface area contributed by atoms with Gasteiger partial charge in [-0.3, -0.25) is 4.98 Å². The molecule has 3 aliphatic carbocycles. The number of aromatic nitrogens is 4. The Kier molecular flexibility index (Phi) is 6.99. The predicted octanol–water partition coefficient (Wildman–Crippen LogP) is 10.3. The summed E-state index contributed by atoms with van der Waals surface area (Å²) in [6, 6.07) is 28.4. The molecular weight excluding hydrogens is 536 g/mol. The third-order valence-corrected chi connectivity index (χ3v) is 9.66. The van der Waals surface area contributed by atoms with Gasteiger partial charge in [-0.1, -0.05) is 102 Å². The van der Waals surface area contributed by atoms with Crippen molar-refractivity contribution in [1.82, 2.24) is 19.9 Å². The summed E-state index contributed by atoms with van der Waals surface area (Å²) in [5.41, 5.74) is 10.9. The fourth-order valence-electron chi connectivity index (χ4n) is 6.87. The Hall–Kier alpha value is -4.18. The van der Waals surface area contributed by atoms with Crippen LogP contribution in [0.15, 0.2) is 85.1 Å².